The van der Waals surface area contributed by atoms with Crippen LogP contribution in [0.3, 0.4) is 0 Å². The number of ether oxygens (including phenoxy) is 3. The number of benzene rings is 3. The highest BCUT2D eigenvalue weighted by Crippen LogP contribution is 2.36. The molecule has 35 heavy (non-hydrogen) atoms. The molecule has 0 bridgehead atoms. The number of esters is 2. The van der Waals surface area contributed by atoms with Crippen LogP contribution in [0.15, 0.2) is 72.8 Å². The maximum absolute atomic E-state index is 14.2. The van der Waals surface area contributed by atoms with E-state index in [2.05, 4.69) is 5.10 Å². The van der Waals surface area contributed by atoms with Gasteiger partial charge in [-0.05, 0) is 30.3 Å². The molecular weight excluding hydrogens is 475 g/mol. The van der Waals surface area contributed by atoms with Crippen molar-refractivity contribution in [2.45, 2.75) is 6.61 Å². The first-order chi connectivity index (χ1) is 16.9. The molecule has 1 heterocycles. The average molecular weight is 495 g/mol. The molecule has 0 saturated carbocycles. The van der Waals surface area contributed by atoms with Crippen molar-refractivity contribution in [1.29, 1.82) is 0 Å². The second-order valence-electron chi connectivity index (χ2n) is 7.32. The molecule has 0 radical (unpaired) electrons. The molecule has 0 amide bonds. The molecule has 7 nitrogen and oxygen atoms in total. The van der Waals surface area contributed by atoms with E-state index in [1.54, 1.807) is 54.6 Å². The largest absolute Gasteiger partial charge is 0.488 e. The fraction of sp³-hybridized carbons (Fsp3) is 0.115. The van der Waals surface area contributed by atoms with E-state index in [0.717, 1.165) is 0 Å². The maximum atomic E-state index is 14.2. The Labute approximate surface area is 205 Å². The summed E-state index contributed by atoms with van der Waals surface area (Å²) in [5, 5.41) is 5.03. The minimum Gasteiger partial charge on any atom is -0.488 e. The monoisotopic (exact) mass is 494 g/mol. The molecule has 0 aliphatic heterocycles. The third kappa shape index (κ3) is 4.88. The lowest BCUT2D eigenvalue weighted by Gasteiger charge is -2.12. The van der Waals surface area contributed by atoms with Crippen LogP contribution in [0.2, 0.25) is 5.02 Å². The third-order valence-corrected chi connectivity index (χ3v) is 5.56. The molecule has 0 atom stereocenters. The number of carbonyl (C=O) groups is 2. The zero-order chi connectivity index (χ0) is 24.9. The Bertz CT molecular complexity index is 1390. The Balaban J connectivity index is 1.91. The van der Waals surface area contributed by atoms with Gasteiger partial charge in [0.05, 0.1) is 19.9 Å². The van der Waals surface area contributed by atoms with Gasteiger partial charge in [0.2, 0.25) is 0 Å². The van der Waals surface area contributed by atoms with Crippen LogP contribution in [0.4, 0.5) is 4.39 Å². The van der Waals surface area contributed by atoms with Crippen LogP contribution < -0.4 is 4.74 Å². The van der Waals surface area contributed by atoms with Gasteiger partial charge in [-0.15, -0.1) is 0 Å². The van der Waals surface area contributed by atoms with Gasteiger partial charge in [-0.2, -0.15) is 5.10 Å². The van der Waals surface area contributed by atoms with Crippen molar-refractivity contribution < 1.29 is 28.2 Å². The number of halogens is 2. The lowest BCUT2D eigenvalue weighted by molar-refractivity contribution is 0.0549. The number of aromatic nitrogens is 2. The first kappa shape index (κ1) is 24.0. The first-order valence-electron chi connectivity index (χ1n) is 10.5. The molecule has 0 N–H and O–H groups in total. The summed E-state index contributed by atoms with van der Waals surface area (Å²) in [6.45, 7) is 0.0347. The summed E-state index contributed by atoms with van der Waals surface area (Å²) < 4.78 is 31.3. The van der Waals surface area contributed by atoms with Crippen LogP contribution in [0.5, 0.6) is 5.75 Å². The topological polar surface area (TPSA) is 79.7 Å². The van der Waals surface area contributed by atoms with Crippen molar-refractivity contribution in [3.8, 4) is 22.7 Å². The summed E-state index contributed by atoms with van der Waals surface area (Å²) in [5.41, 5.74) is 1.25. The summed E-state index contributed by atoms with van der Waals surface area (Å²) in [4.78, 5) is 25.7. The number of para-hydroxylation sites is 1. The predicted molar refractivity (Wildman–Crippen MR) is 127 cm³/mol. The minimum atomic E-state index is -0.816. The Morgan fingerprint density at radius 2 is 1.63 bits per heavy atom. The highest BCUT2D eigenvalue weighted by atomic mass is 35.5. The summed E-state index contributed by atoms with van der Waals surface area (Å²) >= 11 is 6.22. The molecule has 1 aromatic heterocycles. The number of rotatable bonds is 7. The molecule has 4 aromatic rings. The zero-order valence-corrected chi connectivity index (χ0v) is 19.6. The van der Waals surface area contributed by atoms with E-state index in [1.165, 1.54) is 37.1 Å². The Kier molecular flexibility index (Phi) is 7.12. The number of nitrogens with zero attached hydrogens (tertiary/aromatic N) is 2. The first-order valence-corrected chi connectivity index (χ1v) is 10.8. The Hall–Kier alpha value is -4.17. The van der Waals surface area contributed by atoms with Gasteiger partial charge in [-0.1, -0.05) is 48.0 Å². The van der Waals surface area contributed by atoms with Crippen LogP contribution in [0.25, 0.3) is 16.9 Å². The molecule has 0 fully saturated rings. The molecule has 0 spiro atoms. The lowest BCUT2D eigenvalue weighted by Crippen LogP contribution is -2.15. The van der Waals surface area contributed by atoms with Gasteiger partial charge >= 0.3 is 11.9 Å². The molecule has 0 aliphatic rings. The minimum absolute atomic E-state index is 0.0347. The van der Waals surface area contributed by atoms with Gasteiger partial charge in [0.1, 0.15) is 29.4 Å². The number of carbonyl (C=O) groups excluding carboxylic acids is 2. The molecule has 9 heteroatoms. The van der Waals surface area contributed by atoms with E-state index in [9.17, 15) is 14.0 Å². The predicted octanol–water partition coefficient (Wildman–Crippen LogP) is 5.48. The molecular formula is C26H20ClFN2O5. The van der Waals surface area contributed by atoms with Crippen LogP contribution in [-0.4, -0.2) is 35.9 Å². The van der Waals surface area contributed by atoms with E-state index in [0.29, 0.717) is 16.3 Å². The number of hydrogen-bond acceptors (Lipinski definition) is 6. The van der Waals surface area contributed by atoms with Crippen LogP contribution in [0, 0.1) is 5.82 Å². The summed E-state index contributed by atoms with van der Waals surface area (Å²) in [6.07, 6.45) is 0. The van der Waals surface area contributed by atoms with Crippen LogP contribution in [0.1, 0.15) is 26.4 Å². The van der Waals surface area contributed by atoms with Crippen molar-refractivity contribution >= 4 is 23.5 Å². The van der Waals surface area contributed by atoms with Crippen LogP contribution in [-0.2, 0) is 16.1 Å². The smallest absolute Gasteiger partial charge is 0.357 e. The van der Waals surface area contributed by atoms with Gasteiger partial charge in [0.15, 0.2) is 5.69 Å². The number of methoxy groups -OCH3 is 2. The normalized spacial score (nSPS) is 10.6. The highest BCUT2D eigenvalue weighted by molar-refractivity contribution is 6.31. The van der Waals surface area contributed by atoms with Gasteiger partial charge < -0.3 is 14.2 Å². The molecule has 178 valence electrons. The van der Waals surface area contributed by atoms with Gasteiger partial charge in [0.25, 0.3) is 0 Å². The molecule has 4 rings (SSSR count). The quantitative estimate of drug-likeness (QED) is 0.316. The van der Waals surface area contributed by atoms with Crippen molar-refractivity contribution in [3.63, 3.8) is 0 Å². The third-order valence-electron chi connectivity index (χ3n) is 5.19. The standard InChI is InChI=1S/C26H20ClFN2O5/c1-33-25(31)22-23(29-30(24(22)26(32)34-2)18-9-4-3-5-10-18)19-13-12-17(28)14-21(19)35-15-16-8-6-7-11-20(16)27/h3-14H,15H2,1-2H3. The van der Waals surface area contributed by atoms with Crippen molar-refractivity contribution in [3.05, 3.63) is 100 Å². The van der Waals surface area contributed by atoms with Gasteiger partial charge in [0, 0.05) is 22.2 Å². The fourth-order valence-electron chi connectivity index (χ4n) is 3.53. The van der Waals surface area contributed by atoms with Crippen molar-refractivity contribution in [2.24, 2.45) is 0 Å². The maximum Gasteiger partial charge on any atom is 0.357 e. The van der Waals surface area contributed by atoms with Crippen molar-refractivity contribution in [2.75, 3.05) is 14.2 Å². The molecule has 3 aromatic carbocycles. The summed E-state index contributed by atoms with van der Waals surface area (Å²) in [7, 11) is 2.38. The van der Waals surface area contributed by atoms with E-state index in [-0.39, 0.29) is 34.9 Å². The fourth-order valence-corrected chi connectivity index (χ4v) is 3.72. The Morgan fingerprint density at radius 1 is 0.943 bits per heavy atom. The zero-order valence-electron chi connectivity index (χ0n) is 18.8. The molecule has 0 unspecified atom stereocenters. The van der Waals surface area contributed by atoms with E-state index in [1.807, 2.05) is 0 Å². The second-order valence-corrected chi connectivity index (χ2v) is 7.73. The van der Waals surface area contributed by atoms with Gasteiger partial charge in [-0.25, -0.2) is 18.7 Å². The van der Waals surface area contributed by atoms with Crippen molar-refractivity contribution in [1.82, 2.24) is 9.78 Å². The van der Waals surface area contributed by atoms with E-state index < -0.39 is 17.8 Å². The van der Waals surface area contributed by atoms with Crippen LogP contribution >= 0.6 is 11.6 Å². The SMILES string of the molecule is COC(=O)c1c(-c2ccc(F)cc2OCc2ccccc2Cl)nn(-c2ccccc2)c1C(=O)OC. The van der Waals surface area contributed by atoms with E-state index >= 15 is 0 Å². The second kappa shape index (κ2) is 10.4. The lowest BCUT2D eigenvalue weighted by atomic mass is 10.0. The summed E-state index contributed by atoms with van der Waals surface area (Å²) in [6, 6.07) is 19.6. The molecule has 0 saturated heterocycles. The summed E-state index contributed by atoms with van der Waals surface area (Å²) in [5.74, 6) is -2.07. The molecule has 0 aliphatic carbocycles. The Morgan fingerprint density at radius 3 is 2.31 bits per heavy atom. The number of hydrogen-bond donors (Lipinski definition) is 0. The van der Waals surface area contributed by atoms with E-state index in [4.69, 9.17) is 25.8 Å². The van der Waals surface area contributed by atoms with Gasteiger partial charge in [-0.3, -0.25) is 0 Å². The highest BCUT2D eigenvalue weighted by Gasteiger charge is 2.32. The average Bonchev–Trinajstić information content (AvgIpc) is 3.28.